The van der Waals surface area contributed by atoms with Gasteiger partial charge in [-0.05, 0) is 12.5 Å². The number of phenolic OH excluding ortho intramolecular Hbond substituents is 1. The molecule has 1 aromatic carbocycles. The van der Waals surface area contributed by atoms with E-state index in [-0.39, 0.29) is 11.8 Å². The van der Waals surface area contributed by atoms with Gasteiger partial charge in [0.15, 0.2) is 5.89 Å². The molecule has 0 amide bonds. The molecule has 0 saturated carbocycles. The second-order valence-electron chi connectivity index (χ2n) is 4.79. The fourth-order valence-corrected chi connectivity index (χ4v) is 2.36. The van der Waals surface area contributed by atoms with E-state index >= 15 is 0 Å². The van der Waals surface area contributed by atoms with Crippen molar-refractivity contribution in [3.8, 4) is 5.75 Å². The molecule has 1 aliphatic carbocycles. The largest absolute Gasteiger partial charge is 0.508 e. The monoisotopic (exact) mass is 244 g/mol. The molecule has 18 heavy (non-hydrogen) atoms. The minimum Gasteiger partial charge on any atom is -0.508 e. The molecular weight excluding hydrogens is 228 g/mol. The third-order valence-electron chi connectivity index (χ3n) is 3.35. The maximum atomic E-state index is 9.73. The van der Waals surface area contributed by atoms with Gasteiger partial charge >= 0.3 is 0 Å². The molecule has 1 atom stereocenters. The minimum absolute atomic E-state index is 0.195. The van der Waals surface area contributed by atoms with Crippen LogP contribution in [0.1, 0.15) is 29.3 Å². The van der Waals surface area contributed by atoms with E-state index in [1.165, 1.54) is 0 Å². The molecule has 1 aromatic heterocycles. The molecule has 4 nitrogen and oxygen atoms in total. The number of para-hydroxylation sites is 1. The van der Waals surface area contributed by atoms with Gasteiger partial charge in [-0.3, -0.25) is 0 Å². The van der Waals surface area contributed by atoms with Crippen LogP contribution in [-0.4, -0.2) is 16.1 Å². The van der Waals surface area contributed by atoms with Gasteiger partial charge in [0.05, 0.1) is 12.1 Å². The maximum absolute atomic E-state index is 9.73. The Morgan fingerprint density at radius 1 is 1.39 bits per heavy atom. The van der Waals surface area contributed by atoms with E-state index in [0.29, 0.717) is 12.3 Å². The van der Waals surface area contributed by atoms with Crippen LogP contribution in [0, 0.1) is 0 Å². The number of nitrogens with zero attached hydrogens (tertiary/aromatic N) is 1. The van der Waals surface area contributed by atoms with Crippen molar-refractivity contribution in [2.75, 3.05) is 0 Å². The summed E-state index contributed by atoms with van der Waals surface area (Å²) in [4.78, 5) is 4.48. The van der Waals surface area contributed by atoms with Crippen LogP contribution in [-0.2, 0) is 19.3 Å². The predicted molar refractivity (Wildman–Crippen MR) is 67.4 cm³/mol. The van der Waals surface area contributed by atoms with Gasteiger partial charge in [0.2, 0.25) is 0 Å². The summed E-state index contributed by atoms with van der Waals surface area (Å²) >= 11 is 0. The molecule has 1 heterocycles. The number of benzene rings is 1. The highest BCUT2D eigenvalue weighted by molar-refractivity contribution is 5.34. The fraction of sp³-hybridized carbons (Fsp3) is 0.357. The summed E-state index contributed by atoms with van der Waals surface area (Å²) in [6, 6.07) is 7.45. The number of phenols is 1. The number of nitrogens with two attached hydrogens (primary N) is 1. The van der Waals surface area contributed by atoms with Crippen molar-refractivity contribution in [1.82, 2.24) is 4.98 Å². The zero-order valence-corrected chi connectivity index (χ0v) is 10.1. The Balaban J connectivity index is 1.84. The number of hydrogen-bond donors (Lipinski definition) is 2. The smallest absolute Gasteiger partial charge is 0.199 e. The van der Waals surface area contributed by atoms with E-state index in [9.17, 15) is 5.11 Å². The van der Waals surface area contributed by atoms with Crippen molar-refractivity contribution >= 4 is 0 Å². The molecule has 2 aromatic rings. The first-order chi connectivity index (χ1) is 8.72. The van der Waals surface area contributed by atoms with Gasteiger partial charge in [0.25, 0.3) is 0 Å². The van der Waals surface area contributed by atoms with Crippen LogP contribution < -0.4 is 5.73 Å². The van der Waals surface area contributed by atoms with Crippen LogP contribution >= 0.6 is 0 Å². The quantitative estimate of drug-likeness (QED) is 0.844. The van der Waals surface area contributed by atoms with Gasteiger partial charge in [0, 0.05) is 24.4 Å². The lowest BCUT2D eigenvalue weighted by Gasteiger charge is -2.14. The molecule has 0 fully saturated rings. The lowest BCUT2D eigenvalue weighted by molar-refractivity contribution is 0.428. The molecule has 1 unspecified atom stereocenters. The van der Waals surface area contributed by atoms with Gasteiger partial charge in [0.1, 0.15) is 11.5 Å². The summed E-state index contributed by atoms with van der Waals surface area (Å²) in [5, 5.41) is 9.73. The van der Waals surface area contributed by atoms with Crippen LogP contribution in [0.2, 0.25) is 0 Å². The Morgan fingerprint density at radius 2 is 2.22 bits per heavy atom. The van der Waals surface area contributed by atoms with Gasteiger partial charge in [-0.15, -0.1) is 0 Å². The van der Waals surface area contributed by atoms with E-state index in [0.717, 1.165) is 36.3 Å². The number of fused-ring (bicyclic) bond motifs is 1. The average molecular weight is 244 g/mol. The lowest BCUT2D eigenvalue weighted by atomic mass is 9.98. The third-order valence-corrected chi connectivity index (χ3v) is 3.35. The summed E-state index contributed by atoms with van der Waals surface area (Å²) < 4.78 is 5.74. The first-order valence-corrected chi connectivity index (χ1v) is 6.22. The zero-order valence-electron chi connectivity index (χ0n) is 10.1. The van der Waals surface area contributed by atoms with Crippen molar-refractivity contribution in [2.45, 2.75) is 31.7 Å². The van der Waals surface area contributed by atoms with Crippen molar-refractivity contribution in [2.24, 2.45) is 5.73 Å². The topological polar surface area (TPSA) is 72.3 Å². The summed E-state index contributed by atoms with van der Waals surface area (Å²) in [5.74, 6) is 1.91. The van der Waals surface area contributed by atoms with Gasteiger partial charge < -0.3 is 15.3 Å². The molecule has 3 rings (SSSR count). The predicted octanol–water partition coefficient (Wildman–Crippen LogP) is 1.79. The number of hydrogen-bond acceptors (Lipinski definition) is 4. The number of oxazole rings is 1. The summed E-state index contributed by atoms with van der Waals surface area (Å²) in [6.07, 6.45) is 3.14. The molecule has 0 saturated heterocycles. The van der Waals surface area contributed by atoms with E-state index in [1.54, 1.807) is 12.1 Å². The standard InChI is InChI=1S/C14H16N2O2/c15-10-5-6-13-11(8-10)16-14(18-13)7-9-3-1-2-4-12(9)17/h1-4,10,17H,5-8,15H2. The molecular formula is C14H16N2O2. The van der Waals surface area contributed by atoms with E-state index in [4.69, 9.17) is 10.2 Å². The normalized spacial score (nSPS) is 18.6. The second-order valence-corrected chi connectivity index (χ2v) is 4.79. The number of aryl methyl sites for hydroxylation is 1. The lowest BCUT2D eigenvalue weighted by Crippen LogP contribution is -2.27. The summed E-state index contributed by atoms with van der Waals surface area (Å²) in [5.41, 5.74) is 7.73. The Morgan fingerprint density at radius 3 is 3.06 bits per heavy atom. The highest BCUT2D eigenvalue weighted by Gasteiger charge is 2.21. The van der Waals surface area contributed by atoms with Gasteiger partial charge in [-0.25, -0.2) is 4.98 Å². The minimum atomic E-state index is 0.195. The first-order valence-electron chi connectivity index (χ1n) is 6.22. The maximum Gasteiger partial charge on any atom is 0.199 e. The van der Waals surface area contributed by atoms with Crippen molar-refractivity contribution in [3.05, 3.63) is 47.2 Å². The Bertz CT molecular complexity index is 563. The Hall–Kier alpha value is -1.81. The van der Waals surface area contributed by atoms with Crippen LogP contribution in [0.25, 0.3) is 0 Å². The van der Waals surface area contributed by atoms with E-state index in [2.05, 4.69) is 4.98 Å². The SMILES string of the molecule is NC1CCc2oc(Cc3ccccc3O)nc2C1. The molecule has 94 valence electrons. The van der Waals surface area contributed by atoms with Gasteiger partial charge in [-0.1, -0.05) is 18.2 Å². The molecule has 0 radical (unpaired) electrons. The molecule has 0 spiro atoms. The van der Waals surface area contributed by atoms with Crippen LogP contribution in [0.3, 0.4) is 0 Å². The van der Waals surface area contributed by atoms with Crippen molar-refractivity contribution in [1.29, 1.82) is 0 Å². The summed E-state index contributed by atoms with van der Waals surface area (Å²) in [7, 11) is 0. The fourth-order valence-electron chi connectivity index (χ4n) is 2.36. The highest BCUT2D eigenvalue weighted by atomic mass is 16.4. The average Bonchev–Trinajstić information content (AvgIpc) is 2.73. The Labute approximate surface area is 105 Å². The Kier molecular flexibility index (Phi) is 2.80. The van der Waals surface area contributed by atoms with E-state index in [1.807, 2.05) is 12.1 Å². The van der Waals surface area contributed by atoms with Crippen LogP contribution in [0.15, 0.2) is 28.7 Å². The number of aromatic hydroxyl groups is 1. The van der Waals surface area contributed by atoms with Crippen LogP contribution in [0.5, 0.6) is 5.75 Å². The second kappa shape index (κ2) is 4.46. The molecule has 4 heteroatoms. The third kappa shape index (κ3) is 2.11. The van der Waals surface area contributed by atoms with Crippen molar-refractivity contribution in [3.63, 3.8) is 0 Å². The van der Waals surface area contributed by atoms with Crippen LogP contribution in [0.4, 0.5) is 0 Å². The molecule has 0 bridgehead atoms. The summed E-state index contributed by atoms with van der Waals surface area (Å²) in [6.45, 7) is 0. The first kappa shape index (κ1) is 11.3. The molecule has 3 N–H and O–H groups in total. The van der Waals surface area contributed by atoms with Crippen molar-refractivity contribution < 1.29 is 9.52 Å². The number of aromatic nitrogens is 1. The van der Waals surface area contributed by atoms with Gasteiger partial charge in [-0.2, -0.15) is 0 Å². The molecule has 0 aliphatic heterocycles. The molecule has 1 aliphatic rings. The number of rotatable bonds is 2. The zero-order chi connectivity index (χ0) is 12.5. The van der Waals surface area contributed by atoms with E-state index < -0.39 is 0 Å². The highest BCUT2D eigenvalue weighted by Crippen LogP contribution is 2.24.